The molecule has 0 radical (unpaired) electrons. The van der Waals surface area contributed by atoms with E-state index in [1.54, 1.807) is 0 Å². The van der Waals surface area contributed by atoms with Crippen molar-refractivity contribution in [2.75, 3.05) is 45.1 Å². The van der Waals surface area contributed by atoms with Crippen LogP contribution in [0.15, 0.2) is 24.3 Å². The van der Waals surface area contributed by atoms with Crippen LogP contribution in [-0.2, 0) is 21.1 Å². The van der Waals surface area contributed by atoms with Crippen molar-refractivity contribution in [3.63, 3.8) is 0 Å². The predicted octanol–water partition coefficient (Wildman–Crippen LogP) is 3.19. The number of rotatable bonds is 8. The van der Waals surface area contributed by atoms with Gasteiger partial charge in [0.2, 0.25) is 5.91 Å². The number of hydrogen-bond donors (Lipinski definition) is 1. The molecule has 1 aromatic rings. The monoisotopic (exact) mass is 449 g/mol. The average molecular weight is 450 g/mol. The topological polar surface area (TPSA) is 69.7 Å². The molecule has 3 rings (SSSR count). The molecule has 7 heteroatoms. The third-order valence-corrected chi connectivity index (χ3v) is 9.64. The minimum atomic E-state index is -3.50. The molecule has 2 aliphatic rings. The molecule has 1 aliphatic carbocycles. The Hall–Kier alpha value is -1.44. The lowest BCUT2D eigenvalue weighted by molar-refractivity contribution is -0.116. The van der Waals surface area contributed by atoms with Crippen LogP contribution in [0.4, 0.5) is 5.69 Å². The van der Waals surface area contributed by atoms with E-state index < -0.39 is 21.0 Å². The maximum atomic E-state index is 13.2. The Balaban J connectivity index is 1.58. The van der Waals surface area contributed by atoms with Crippen molar-refractivity contribution in [1.82, 2.24) is 9.80 Å². The molecule has 1 unspecified atom stereocenters. The Morgan fingerprint density at radius 3 is 2.23 bits per heavy atom. The molecular formula is C24H39N3O3S. The summed E-state index contributed by atoms with van der Waals surface area (Å²) < 4.78 is 26.4. The second kappa shape index (κ2) is 10.9. The normalized spacial score (nSPS) is 20.6. The SMILES string of the molecule is CC(C)C(C(=O)Nc1ccc(CCN2CCN(C)CC2)cc1)S(=O)(=O)C1CCCCC1. The van der Waals surface area contributed by atoms with E-state index in [0.717, 1.165) is 58.4 Å². The lowest BCUT2D eigenvalue weighted by Crippen LogP contribution is -2.45. The fourth-order valence-electron chi connectivity index (χ4n) is 4.76. The number of likely N-dealkylation sites (N-methyl/N-ethyl adjacent to an activating group) is 1. The molecule has 1 aromatic carbocycles. The summed E-state index contributed by atoms with van der Waals surface area (Å²) in [5.41, 5.74) is 1.89. The summed E-state index contributed by atoms with van der Waals surface area (Å²) in [5, 5.41) is 1.50. The van der Waals surface area contributed by atoms with Gasteiger partial charge in [-0.1, -0.05) is 45.2 Å². The zero-order valence-electron chi connectivity index (χ0n) is 19.3. The Morgan fingerprint density at radius 1 is 1.03 bits per heavy atom. The van der Waals surface area contributed by atoms with Gasteiger partial charge in [-0.3, -0.25) is 4.79 Å². The van der Waals surface area contributed by atoms with Gasteiger partial charge in [0, 0.05) is 38.4 Å². The molecule has 31 heavy (non-hydrogen) atoms. The van der Waals surface area contributed by atoms with Crippen LogP contribution >= 0.6 is 0 Å². The first-order valence-electron chi connectivity index (χ1n) is 11.8. The number of carbonyl (C=O) groups excluding carboxylic acids is 1. The highest BCUT2D eigenvalue weighted by Gasteiger charge is 2.41. The highest BCUT2D eigenvalue weighted by molar-refractivity contribution is 7.93. The quantitative estimate of drug-likeness (QED) is 0.660. The standard InChI is InChI=1S/C24H39N3O3S/c1-19(2)23(31(29,30)22-7-5-4-6-8-22)24(28)25-21-11-9-20(10-12-21)13-14-27-17-15-26(3)16-18-27/h9-12,19,22-23H,4-8,13-18H2,1-3H3,(H,25,28). The molecule has 6 nitrogen and oxygen atoms in total. The molecule has 2 fully saturated rings. The molecular weight excluding hydrogens is 410 g/mol. The summed E-state index contributed by atoms with van der Waals surface area (Å²) in [6.07, 6.45) is 5.30. The van der Waals surface area contributed by atoms with E-state index in [0.29, 0.717) is 18.5 Å². The summed E-state index contributed by atoms with van der Waals surface area (Å²) in [7, 11) is -1.34. The zero-order valence-corrected chi connectivity index (χ0v) is 20.2. The molecule has 1 amide bonds. The average Bonchev–Trinajstić information content (AvgIpc) is 2.74. The Labute approximate surface area is 188 Å². The summed E-state index contributed by atoms with van der Waals surface area (Å²) in [4.78, 5) is 17.8. The van der Waals surface area contributed by atoms with Gasteiger partial charge in [-0.05, 0) is 49.9 Å². The third-order valence-electron chi connectivity index (χ3n) is 6.77. The Bertz CT molecular complexity index is 809. The number of carbonyl (C=O) groups is 1. The van der Waals surface area contributed by atoms with E-state index in [2.05, 4.69) is 22.2 Å². The first-order chi connectivity index (χ1) is 14.8. The van der Waals surface area contributed by atoms with Crippen LogP contribution in [0, 0.1) is 5.92 Å². The molecule has 1 heterocycles. The third kappa shape index (κ3) is 6.53. The van der Waals surface area contributed by atoms with E-state index >= 15 is 0 Å². The van der Waals surface area contributed by atoms with Crippen LogP contribution in [0.2, 0.25) is 0 Å². The van der Waals surface area contributed by atoms with Crippen molar-refractivity contribution in [2.45, 2.75) is 62.9 Å². The van der Waals surface area contributed by atoms with Crippen LogP contribution < -0.4 is 5.32 Å². The Morgan fingerprint density at radius 2 is 1.65 bits per heavy atom. The van der Waals surface area contributed by atoms with Crippen LogP contribution in [0.25, 0.3) is 0 Å². The van der Waals surface area contributed by atoms with E-state index in [9.17, 15) is 13.2 Å². The molecule has 1 saturated carbocycles. The number of piperazine rings is 1. The van der Waals surface area contributed by atoms with E-state index in [1.165, 1.54) is 5.56 Å². The van der Waals surface area contributed by atoms with Crippen molar-refractivity contribution in [3.05, 3.63) is 29.8 Å². The van der Waals surface area contributed by atoms with E-state index in [4.69, 9.17) is 0 Å². The van der Waals surface area contributed by atoms with Crippen molar-refractivity contribution >= 4 is 21.4 Å². The molecule has 1 N–H and O–H groups in total. The summed E-state index contributed by atoms with van der Waals surface area (Å²) >= 11 is 0. The van der Waals surface area contributed by atoms with Gasteiger partial charge in [0.15, 0.2) is 9.84 Å². The number of nitrogens with zero attached hydrogens (tertiary/aromatic N) is 2. The van der Waals surface area contributed by atoms with Crippen LogP contribution in [-0.4, -0.2) is 74.4 Å². The molecule has 0 spiro atoms. The van der Waals surface area contributed by atoms with Gasteiger partial charge in [0.25, 0.3) is 0 Å². The van der Waals surface area contributed by atoms with Crippen molar-refractivity contribution in [3.8, 4) is 0 Å². The van der Waals surface area contributed by atoms with Crippen molar-refractivity contribution < 1.29 is 13.2 Å². The van der Waals surface area contributed by atoms with Gasteiger partial charge in [0.1, 0.15) is 5.25 Å². The summed E-state index contributed by atoms with van der Waals surface area (Å²) in [5.74, 6) is -0.652. The van der Waals surface area contributed by atoms with Gasteiger partial charge >= 0.3 is 0 Å². The zero-order chi connectivity index (χ0) is 22.4. The van der Waals surface area contributed by atoms with Gasteiger partial charge in [0.05, 0.1) is 5.25 Å². The van der Waals surface area contributed by atoms with Crippen LogP contribution in [0.3, 0.4) is 0 Å². The first kappa shape index (κ1) is 24.2. The van der Waals surface area contributed by atoms with Crippen LogP contribution in [0.5, 0.6) is 0 Å². The fraction of sp³-hybridized carbons (Fsp3) is 0.708. The Kier molecular flexibility index (Phi) is 8.53. The van der Waals surface area contributed by atoms with Gasteiger partial charge in [-0.2, -0.15) is 0 Å². The highest BCUT2D eigenvalue weighted by Crippen LogP contribution is 2.29. The van der Waals surface area contributed by atoms with Gasteiger partial charge < -0.3 is 15.1 Å². The minimum Gasteiger partial charge on any atom is -0.325 e. The summed E-state index contributed by atoms with van der Waals surface area (Å²) in [6, 6.07) is 7.85. The van der Waals surface area contributed by atoms with E-state index in [1.807, 2.05) is 38.1 Å². The largest absolute Gasteiger partial charge is 0.325 e. The molecule has 1 aliphatic heterocycles. The van der Waals surface area contributed by atoms with Gasteiger partial charge in [-0.15, -0.1) is 0 Å². The molecule has 0 aromatic heterocycles. The number of sulfone groups is 1. The van der Waals surface area contributed by atoms with Gasteiger partial charge in [-0.25, -0.2) is 8.42 Å². The molecule has 0 bridgehead atoms. The number of nitrogens with one attached hydrogen (secondary N) is 1. The number of benzene rings is 1. The molecule has 174 valence electrons. The van der Waals surface area contributed by atoms with Crippen molar-refractivity contribution in [1.29, 1.82) is 0 Å². The fourth-order valence-corrected chi connectivity index (χ4v) is 7.28. The number of hydrogen-bond acceptors (Lipinski definition) is 5. The molecule has 1 saturated heterocycles. The number of anilines is 1. The van der Waals surface area contributed by atoms with Crippen LogP contribution in [0.1, 0.15) is 51.5 Å². The number of amides is 1. The lowest BCUT2D eigenvalue weighted by Gasteiger charge is -2.32. The van der Waals surface area contributed by atoms with Crippen molar-refractivity contribution in [2.24, 2.45) is 5.92 Å². The second-order valence-corrected chi connectivity index (χ2v) is 11.9. The minimum absolute atomic E-state index is 0.255. The first-order valence-corrected chi connectivity index (χ1v) is 13.4. The van der Waals surface area contributed by atoms with E-state index in [-0.39, 0.29) is 11.2 Å². The summed E-state index contributed by atoms with van der Waals surface area (Å²) in [6.45, 7) is 9.14. The maximum absolute atomic E-state index is 13.2. The highest BCUT2D eigenvalue weighted by atomic mass is 32.2. The predicted molar refractivity (Wildman–Crippen MR) is 127 cm³/mol. The lowest BCUT2D eigenvalue weighted by atomic mass is 10.0. The molecule has 1 atom stereocenters. The smallest absolute Gasteiger partial charge is 0.242 e. The second-order valence-electron chi connectivity index (χ2n) is 9.59. The maximum Gasteiger partial charge on any atom is 0.242 e.